The highest BCUT2D eigenvalue weighted by Gasteiger charge is 2.18. The van der Waals surface area contributed by atoms with Crippen LogP contribution in [0.3, 0.4) is 0 Å². The predicted octanol–water partition coefficient (Wildman–Crippen LogP) is 14.6. The Bertz CT molecular complexity index is 2020. The van der Waals surface area contributed by atoms with Crippen LogP contribution in [-0.4, -0.2) is 0 Å². The highest BCUT2D eigenvalue weighted by atomic mass is 15.1. The summed E-state index contributed by atoms with van der Waals surface area (Å²) in [4.78, 5) is 4.64. The van der Waals surface area contributed by atoms with Gasteiger partial charge in [-0.3, -0.25) is 0 Å². The van der Waals surface area contributed by atoms with E-state index in [1.54, 1.807) is 0 Å². The highest BCUT2D eigenvalue weighted by Crippen LogP contribution is 2.39. The minimum absolute atomic E-state index is 0.111. The molecule has 0 saturated carbocycles. The van der Waals surface area contributed by atoms with Gasteiger partial charge in [-0.25, -0.2) is 0 Å². The van der Waals surface area contributed by atoms with Crippen LogP contribution in [0.25, 0.3) is 22.3 Å². The normalized spacial score (nSPS) is 11.7. The third kappa shape index (κ3) is 7.57. The van der Waals surface area contributed by atoms with Crippen LogP contribution >= 0.6 is 0 Å². The average Bonchev–Trinajstić information content (AvgIpc) is 3.16. The molecule has 0 bridgehead atoms. The zero-order chi connectivity index (χ0) is 36.3. The van der Waals surface area contributed by atoms with Gasteiger partial charge < -0.3 is 9.80 Å². The van der Waals surface area contributed by atoms with E-state index in [1.807, 2.05) is 0 Å². The van der Waals surface area contributed by atoms with Crippen LogP contribution in [0.1, 0.15) is 52.7 Å². The van der Waals surface area contributed by atoms with Crippen LogP contribution in [0.2, 0.25) is 0 Å². The van der Waals surface area contributed by atoms with E-state index in [9.17, 15) is 0 Å². The molecular weight excluding hydrogens is 629 g/mol. The van der Waals surface area contributed by atoms with Crippen LogP contribution in [0.4, 0.5) is 34.1 Å². The molecule has 0 fully saturated rings. The largest absolute Gasteiger partial charge is 0.311 e. The van der Waals surface area contributed by atoms with Crippen molar-refractivity contribution in [3.63, 3.8) is 0 Å². The number of rotatable bonds is 8. The van der Waals surface area contributed by atoms with E-state index in [1.165, 1.54) is 33.4 Å². The number of hydrogen-bond donors (Lipinski definition) is 0. The Hall–Kier alpha value is -5.86. The molecule has 0 spiro atoms. The third-order valence-electron chi connectivity index (χ3n) is 9.81. The Morgan fingerprint density at radius 1 is 0.250 bits per heavy atom. The Kier molecular flexibility index (Phi) is 9.58. The summed E-state index contributed by atoms with van der Waals surface area (Å²) < 4.78 is 0. The molecule has 2 heteroatoms. The molecule has 0 aliphatic rings. The van der Waals surface area contributed by atoms with Gasteiger partial charge >= 0.3 is 0 Å². The molecule has 7 aromatic rings. The van der Waals surface area contributed by atoms with Crippen molar-refractivity contribution in [1.82, 2.24) is 0 Å². The van der Waals surface area contributed by atoms with Crippen molar-refractivity contribution in [2.24, 2.45) is 0 Å². The fourth-order valence-corrected chi connectivity index (χ4v) is 6.73. The maximum absolute atomic E-state index is 2.32. The van der Waals surface area contributed by atoms with Gasteiger partial charge in [0.2, 0.25) is 0 Å². The van der Waals surface area contributed by atoms with Gasteiger partial charge in [-0.15, -0.1) is 0 Å². The summed E-state index contributed by atoms with van der Waals surface area (Å²) in [5, 5.41) is 0. The molecule has 0 N–H and O–H groups in total. The van der Waals surface area contributed by atoms with Gasteiger partial charge in [0.15, 0.2) is 0 Å². The lowest BCUT2D eigenvalue weighted by Gasteiger charge is -2.27. The number of hydrogen-bond acceptors (Lipinski definition) is 2. The van der Waals surface area contributed by atoms with E-state index in [0.717, 1.165) is 34.1 Å². The molecule has 52 heavy (non-hydrogen) atoms. The van der Waals surface area contributed by atoms with Crippen LogP contribution < -0.4 is 9.80 Å². The molecule has 7 aromatic carbocycles. The van der Waals surface area contributed by atoms with Crippen molar-refractivity contribution in [3.8, 4) is 22.3 Å². The Labute approximate surface area is 310 Å². The Morgan fingerprint density at radius 3 is 0.712 bits per heavy atom. The topological polar surface area (TPSA) is 6.48 Å². The van der Waals surface area contributed by atoms with Crippen molar-refractivity contribution in [2.75, 3.05) is 9.80 Å². The molecule has 0 atom stereocenters. The molecule has 2 nitrogen and oxygen atoms in total. The molecule has 258 valence electrons. The van der Waals surface area contributed by atoms with Gasteiger partial charge in [0.1, 0.15) is 0 Å². The monoisotopic (exact) mass is 676 g/mol. The molecule has 0 amide bonds. The molecule has 0 aromatic heterocycles. The van der Waals surface area contributed by atoms with E-state index >= 15 is 0 Å². The quantitative estimate of drug-likeness (QED) is 0.158. The van der Waals surface area contributed by atoms with Gasteiger partial charge in [-0.1, -0.05) is 151 Å². The van der Waals surface area contributed by atoms with Crippen molar-refractivity contribution in [2.45, 2.75) is 52.4 Å². The average molecular weight is 677 g/mol. The summed E-state index contributed by atoms with van der Waals surface area (Å²) in [6.07, 6.45) is 0. The van der Waals surface area contributed by atoms with Gasteiger partial charge in [-0.05, 0) is 117 Å². The van der Waals surface area contributed by atoms with Crippen molar-refractivity contribution < 1.29 is 0 Å². The summed E-state index contributed by atoms with van der Waals surface area (Å²) in [5.41, 5.74) is 14.5. The lowest BCUT2D eigenvalue weighted by molar-refractivity contribution is 0.590. The van der Waals surface area contributed by atoms with E-state index in [2.05, 4.69) is 233 Å². The fraction of sp³-hybridized carbons (Fsp3) is 0.160. The second-order valence-corrected chi connectivity index (χ2v) is 15.6. The van der Waals surface area contributed by atoms with Gasteiger partial charge in [0.05, 0.1) is 0 Å². The lowest BCUT2D eigenvalue weighted by Crippen LogP contribution is -2.13. The summed E-state index contributed by atoms with van der Waals surface area (Å²) in [6, 6.07) is 65.8. The predicted molar refractivity (Wildman–Crippen MR) is 224 cm³/mol. The Morgan fingerprint density at radius 2 is 0.462 bits per heavy atom. The van der Waals surface area contributed by atoms with Gasteiger partial charge in [0, 0.05) is 34.1 Å². The smallest absolute Gasteiger partial charge is 0.0462 e. The van der Waals surface area contributed by atoms with Crippen molar-refractivity contribution >= 4 is 34.1 Å². The number of para-hydroxylation sites is 2. The molecule has 0 unspecified atom stereocenters. The number of benzene rings is 7. The Balaban J connectivity index is 1.12. The van der Waals surface area contributed by atoms with E-state index in [0.29, 0.717) is 0 Å². The van der Waals surface area contributed by atoms with Crippen LogP contribution in [0.5, 0.6) is 0 Å². The number of nitrogens with zero attached hydrogens (tertiary/aromatic N) is 2. The van der Waals surface area contributed by atoms with Crippen LogP contribution in [0, 0.1) is 0 Å². The summed E-state index contributed by atoms with van der Waals surface area (Å²) in [7, 11) is 0. The molecule has 0 heterocycles. The minimum Gasteiger partial charge on any atom is -0.311 e. The van der Waals surface area contributed by atoms with Crippen molar-refractivity contribution in [1.29, 1.82) is 0 Å². The molecular formula is C50H48N2. The molecule has 0 saturated heterocycles. The van der Waals surface area contributed by atoms with E-state index < -0.39 is 0 Å². The first-order chi connectivity index (χ1) is 25.0. The summed E-state index contributed by atoms with van der Waals surface area (Å²) in [6.45, 7) is 13.5. The lowest BCUT2D eigenvalue weighted by atomic mass is 9.87. The molecule has 0 radical (unpaired) electrons. The SMILES string of the molecule is CC(C)(C)c1ccc(N(c2ccccc2)c2ccc(-c3ccc(-c4ccc(N(c5ccccc5)c5ccc(C(C)(C)C)cc5)cc4)cc3)cc2)cc1. The zero-order valence-electron chi connectivity index (χ0n) is 31.2. The minimum atomic E-state index is 0.111. The summed E-state index contributed by atoms with van der Waals surface area (Å²) >= 11 is 0. The van der Waals surface area contributed by atoms with Gasteiger partial charge in [-0.2, -0.15) is 0 Å². The van der Waals surface area contributed by atoms with E-state index in [-0.39, 0.29) is 10.8 Å². The first kappa shape index (κ1) is 34.6. The zero-order valence-corrected chi connectivity index (χ0v) is 31.2. The van der Waals surface area contributed by atoms with Crippen LogP contribution in [-0.2, 0) is 10.8 Å². The van der Waals surface area contributed by atoms with E-state index in [4.69, 9.17) is 0 Å². The molecule has 0 aliphatic carbocycles. The van der Waals surface area contributed by atoms with Crippen LogP contribution in [0.15, 0.2) is 182 Å². The molecule has 0 aliphatic heterocycles. The van der Waals surface area contributed by atoms with Crippen molar-refractivity contribution in [3.05, 3.63) is 193 Å². The number of anilines is 6. The second kappa shape index (κ2) is 14.4. The summed E-state index contributed by atoms with van der Waals surface area (Å²) in [5.74, 6) is 0. The maximum atomic E-state index is 2.32. The van der Waals surface area contributed by atoms with Gasteiger partial charge in [0.25, 0.3) is 0 Å². The maximum Gasteiger partial charge on any atom is 0.0462 e. The molecule has 7 rings (SSSR count). The fourth-order valence-electron chi connectivity index (χ4n) is 6.73. The highest BCUT2D eigenvalue weighted by molar-refractivity contribution is 5.81. The third-order valence-corrected chi connectivity index (χ3v) is 9.81. The second-order valence-electron chi connectivity index (χ2n) is 15.6. The first-order valence-corrected chi connectivity index (χ1v) is 18.3. The standard InChI is InChI=1S/C50H48N2/c1-49(2,3)41-25-33-47(34-26-41)51(43-13-9-7-10-14-43)45-29-21-39(22-30-45)37-17-19-38(20-18-37)40-23-31-46(32-24-40)52(44-15-11-8-12-16-44)48-35-27-42(28-36-48)50(4,5)6/h7-36H,1-6H3. The first-order valence-electron chi connectivity index (χ1n) is 18.3.